The Morgan fingerprint density at radius 2 is 2.35 bits per heavy atom. The Morgan fingerprint density at radius 1 is 1.53 bits per heavy atom. The maximum Gasteiger partial charge on any atom is 0.194 e. The van der Waals surface area contributed by atoms with Crippen LogP contribution in [0.2, 0.25) is 0 Å². The Morgan fingerprint density at radius 3 is 3.06 bits per heavy atom. The molecule has 0 aromatic carbocycles. The molecule has 1 aliphatic carbocycles. The second-order valence-corrected chi connectivity index (χ2v) is 5.87. The Hall–Kier alpha value is -0.870. The molecule has 0 spiro atoms. The van der Waals surface area contributed by atoms with Gasteiger partial charge in [0.1, 0.15) is 0 Å². The van der Waals surface area contributed by atoms with E-state index in [0.717, 1.165) is 23.5 Å². The van der Waals surface area contributed by atoms with E-state index in [4.69, 9.17) is 0 Å². The molecule has 3 rings (SSSR count). The van der Waals surface area contributed by atoms with E-state index in [9.17, 15) is 0 Å². The van der Waals surface area contributed by atoms with Crippen molar-refractivity contribution in [2.75, 3.05) is 0 Å². The van der Waals surface area contributed by atoms with Crippen LogP contribution in [0.15, 0.2) is 5.38 Å². The van der Waals surface area contributed by atoms with Crippen molar-refractivity contribution in [1.29, 1.82) is 0 Å². The maximum absolute atomic E-state index is 4.61. The number of aryl methyl sites for hydroxylation is 2. The fraction of sp³-hybridized carbons (Fsp3) is 0.615. The Labute approximate surface area is 106 Å². The molecular weight excluding hydrogens is 230 g/mol. The molecule has 1 aliphatic rings. The van der Waals surface area contributed by atoms with Gasteiger partial charge in [-0.3, -0.25) is 4.40 Å². The largest absolute Gasteiger partial charge is 0.308 e. The number of imidazole rings is 1. The van der Waals surface area contributed by atoms with Gasteiger partial charge < -0.3 is 5.32 Å². The minimum Gasteiger partial charge on any atom is -0.308 e. The second kappa shape index (κ2) is 4.10. The topological polar surface area (TPSA) is 29.3 Å². The lowest BCUT2D eigenvalue weighted by molar-refractivity contribution is 0.611. The highest BCUT2D eigenvalue weighted by Gasteiger charge is 2.34. The molecule has 0 aliphatic heterocycles. The van der Waals surface area contributed by atoms with Crippen LogP contribution in [0, 0.1) is 19.8 Å². The van der Waals surface area contributed by atoms with Gasteiger partial charge in [0, 0.05) is 23.7 Å². The Balaban J connectivity index is 1.79. The van der Waals surface area contributed by atoms with Gasteiger partial charge in [-0.25, -0.2) is 4.98 Å². The lowest BCUT2D eigenvalue weighted by Crippen LogP contribution is -2.19. The molecule has 2 heterocycles. The van der Waals surface area contributed by atoms with Crippen LogP contribution in [0.1, 0.15) is 36.8 Å². The van der Waals surface area contributed by atoms with Crippen LogP contribution >= 0.6 is 11.3 Å². The molecule has 0 amide bonds. The summed E-state index contributed by atoms with van der Waals surface area (Å²) in [5, 5.41) is 5.83. The van der Waals surface area contributed by atoms with Crippen molar-refractivity contribution in [3.8, 4) is 0 Å². The zero-order chi connectivity index (χ0) is 12.0. The standard InChI is InChI=1S/C13H19N3S/c1-4-10-5-11(10)14-6-12-9(3)15-13-16(12)8(2)7-17-13/h7,10-11,14H,4-6H2,1-3H3. The highest BCUT2D eigenvalue weighted by molar-refractivity contribution is 7.15. The number of thiazole rings is 1. The summed E-state index contributed by atoms with van der Waals surface area (Å²) in [6.45, 7) is 7.49. The number of nitrogens with zero attached hydrogens (tertiary/aromatic N) is 2. The van der Waals surface area contributed by atoms with Gasteiger partial charge in [0.05, 0.1) is 11.4 Å². The molecule has 0 radical (unpaired) electrons. The lowest BCUT2D eigenvalue weighted by Gasteiger charge is -2.05. The van der Waals surface area contributed by atoms with Crippen LogP contribution in [0.25, 0.3) is 4.96 Å². The first kappa shape index (κ1) is 11.2. The molecule has 2 aromatic heterocycles. The predicted octanol–water partition coefficient (Wildman–Crippen LogP) is 2.90. The SMILES string of the molecule is CCC1CC1NCc1c(C)nc2scc(C)n12. The zero-order valence-electron chi connectivity index (χ0n) is 10.7. The van der Waals surface area contributed by atoms with Crippen LogP contribution in [0.4, 0.5) is 0 Å². The lowest BCUT2D eigenvalue weighted by atomic mass is 10.3. The van der Waals surface area contributed by atoms with E-state index < -0.39 is 0 Å². The first-order chi connectivity index (χ1) is 8.20. The second-order valence-electron chi connectivity index (χ2n) is 5.03. The number of aromatic nitrogens is 2. The molecule has 0 saturated heterocycles. The molecule has 92 valence electrons. The van der Waals surface area contributed by atoms with Crippen molar-refractivity contribution in [2.45, 2.75) is 46.2 Å². The van der Waals surface area contributed by atoms with Crippen LogP contribution in [-0.2, 0) is 6.54 Å². The summed E-state index contributed by atoms with van der Waals surface area (Å²) in [5.74, 6) is 0.905. The van der Waals surface area contributed by atoms with Gasteiger partial charge in [0.25, 0.3) is 0 Å². The number of hydrogen-bond acceptors (Lipinski definition) is 3. The van der Waals surface area contributed by atoms with Gasteiger partial charge in [-0.2, -0.15) is 0 Å². The van der Waals surface area contributed by atoms with Gasteiger partial charge in [-0.1, -0.05) is 13.3 Å². The smallest absolute Gasteiger partial charge is 0.194 e. The minimum absolute atomic E-state index is 0.740. The quantitative estimate of drug-likeness (QED) is 0.903. The van der Waals surface area contributed by atoms with Gasteiger partial charge in [0.15, 0.2) is 4.96 Å². The molecule has 2 atom stereocenters. The van der Waals surface area contributed by atoms with Crippen LogP contribution in [0.3, 0.4) is 0 Å². The number of rotatable bonds is 4. The van der Waals surface area contributed by atoms with Crippen LogP contribution in [0.5, 0.6) is 0 Å². The van der Waals surface area contributed by atoms with E-state index in [2.05, 4.69) is 40.9 Å². The average Bonchev–Trinajstić information content (AvgIpc) is 2.89. The molecular formula is C13H19N3S. The fourth-order valence-corrected chi connectivity index (χ4v) is 3.48. The van der Waals surface area contributed by atoms with Crippen molar-refractivity contribution >= 4 is 16.3 Å². The molecule has 4 heteroatoms. The highest BCUT2D eigenvalue weighted by Crippen LogP contribution is 2.33. The predicted molar refractivity (Wildman–Crippen MR) is 71.6 cm³/mol. The molecule has 1 fully saturated rings. The van der Waals surface area contributed by atoms with E-state index >= 15 is 0 Å². The van der Waals surface area contributed by atoms with E-state index in [1.54, 1.807) is 11.3 Å². The van der Waals surface area contributed by atoms with E-state index in [1.807, 2.05) is 0 Å². The fourth-order valence-electron chi connectivity index (χ4n) is 2.55. The first-order valence-electron chi connectivity index (χ1n) is 6.36. The highest BCUT2D eigenvalue weighted by atomic mass is 32.1. The average molecular weight is 249 g/mol. The van der Waals surface area contributed by atoms with E-state index in [0.29, 0.717) is 0 Å². The van der Waals surface area contributed by atoms with E-state index in [-0.39, 0.29) is 0 Å². The molecule has 17 heavy (non-hydrogen) atoms. The zero-order valence-corrected chi connectivity index (χ0v) is 11.5. The summed E-state index contributed by atoms with van der Waals surface area (Å²) in [6, 6.07) is 0.740. The summed E-state index contributed by atoms with van der Waals surface area (Å²) >= 11 is 1.73. The van der Waals surface area contributed by atoms with Crippen LogP contribution in [-0.4, -0.2) is 15.4 Å². The molecule has 1 saturated carbocycles. The molecule has 1 N–H and O–H groups in total. The Kier molecular flexibility index (Phi) is 2.71. The third-order valence-electron chi connectivity index (χ3n) is 3.81. The van der Waals surface area contributed by atoms with Crippen molar-refractivity contribution in [3.05, 3.63) is 22.5 Å². The summed E-state index contributed by atoms with van der Waals surface area (Å²) < 4.78 is 2.29. The number of fused-ring (bicyclic) bond motifs is 1. The third kappa shape index (κ3) is 1.89. The summed E-state index contributed by atoms with van der Waals surface area (Å²) in [7, 11) is 0. The van der Waals surface area contributed by atoms with Gasteiger partial charge in [-0.15, -0.1) is 11.3 Å². The van der Waals surface area contributed by atoms with Crippen molar-refractivity contribution < 1.29 is 0 Å². The van der Waals surface area contributed by atoms with Crippen molar-refractivity contribution in [1.82, 2.24) is 14.7 Å². The van der Waals surface area contributed by atoms with E-state index in [1.165, 1.54) is 29.9 Å². The molecule has 0 bridgehead atoms. The van der Waals surface area contributed by atoms with Gasteiger partial charge in [-0.05, 0) is 26.2 Å². The van der Waals surface area contributed by atoms with Crippen molar-refractivity contribution in [2.24, 2.45) is 5.92 Å². The maximum atomic E-state index is 4.61. The molecule has 3 nitrogen and oxygen atoms in total. The summed E-state index contributed by atoms with van der Waals surface area (Å²) in [6.07, 6.45) is 2.65. The number of nitrogens with one attached hydrogen (secondary N) is 1. The Bertz CT molecular complexity index is 540. The third-order valence-corrected chi connectivity index (χ3v) is 4.75. The van der Waals surface area contributed by atoms with Gasteiger partial charge >= 0.3 is 0 Å². The first-order valence-corrected chi connectivity index (χ1v) is 7.24. The summed E-state index contributed by atoms with van der Waals surface area (Å²) in [4.78, 5) is 5.74. The molecule has 2 aromatic rings. The summed E-state index contributed by atoms with van der Waals surface area (Å²) in [5.41, 5.74) is 3.80. The normalized spacial score (nSPS) is 23.5. The molecule has 2 unspecified atom stereocenters. The minimum atomic E-state index is 0.740. The van der Waals surface area contributed by atoms with Crippen LogP contribution < -0.4 is 5.32 Å². The monoisotopic (exact) mass is 249 g/mol. The number of hydrogen-bond donors (Lipinski definition) is 1. The van der Waals surface area contributed by atoms with Crippen molar-refractivity contribution in [3.63, 3.8) is 0 Å². The van der Waals surface area contributed by atoms with Gasteiger partial charge in [0.2, 0.25) is 0 Å².